The molecule has 0 spiro atoms. The van der Waals surface area contributed by atoms with Gasteiger partial charge in [0.25, 0.3) is 5.91 Å². The molecule has 0 fully saturated rings. The zero-order chi connectivity index (χ0) is 14.8. The summed E-state index contributed by atoms with van der Waals surface area (Å²) in [4.78, 5) is 16.6. The van der Waals surface area contributed by atoms with Crippen LogP contribution in [0.25, 0.3) is 22.1 Å². The lowest BCUT2D eigenvalue weighted by atomic mass is 10.1. The molecule has 0 aliphatic carbocycles. The maximum Gasteiger partial charge on any atom is 0.271 e. The van der Waals surface area contributed by atoms with Crippen LogP contribution in [0.2, 0.25) is 0 Å². The van der Waals surface area contributed by atoms with Gasteiger partial charge < -0.3 is 14.9 Å². The average molecular weight is 300 g/mol. The molecule has 1 aromatic carbocycles. The molecule has 106 valence electrons. The summed E-state index contributed by atoms with van der Waals surface area (Å²) in [7, 11) is 1.59. The standard InChI is InChI=1S/C15H12N2O3S/c1-19-10-6-4-9(5-7-10)13-12(14(16)18)17-15(20-13)11-3-2-8-21-11/h2-8H,1H3,(H2,16,18). The molecule has 3 rings (SSSR count). The van der Waals surface area contributed by atoms with Crippen molar-refractivity contribution >= 4 is 17.2 Å². The fourth-order valence-electron chi connectivity index (χ4n) is 1.93. The number of benzene rings is 1. The van der Waals surface area contributed by atoms with Crippen LogP contribution >= 0.6 is 11.3 Å². The summed E-state index contributed by atoms with van der Waals surface area (Å²) in [5.41, 5.74) is 6.24. The first-order valence-corrected chi connectivity index (χ1v) is 7.06. The summed E-state index contributed by atoms with van der Waals surface area (Å²) >= 11 is 1.48. The van der Waals surface area contributed by atoms with E-state index in [9.17, 15) is 4.79 Å². The predicted molar refractivity (Wildman–Crippen MR) is 80.3 cm³/mol. The Morgan fingerprint density at radius 1 is 1.29 bits per heavy atom. The molecule has 5 nitrogen and oxygen atoms in total. The lowest BCUT2D eigenvalue weighted by Crippen LogP contribution is -2.12. The highest BCUT2D eigenvalue weighted by atomic mass is 32.1. The minimum absolute atomic E-state index is 0.128. The molecule has 3 aromatic rings. The van der Waals surface area contributed by atoms with Gasteiger partial charge in [-0.05, 0) is 35.7 Å². The zero-order valence-electron chi connectivity index (χ0n) is 11.2. The van der Waals surface area contributed by atoms with Crippen LogP contribution in [0.1, 0.15) is 10.5 Å². The van der Waals surface area contributed by atoms with Crippen LogP contribution in [0.4, 0.5) is 0 Å². The molecule has 2 aromatic heterocycles. The van der Waals surface area contributed by atoms with Gasteiger partial charge in [-0.3, -0.25) is 4.79 Å². The van der Waals surface area contributed by atoms with Crippen LogP contribution in [0, 0.1) is 0 Å². The van der Waals surface area contributed by atoms with E-state index in [4.69, 9.17) is 14.9 Å². The summed E-state index contributed by atoms with van der Waals surface area (Å²) in [6.07, 6.45) is 0. The summed E-state index contributed by atoms with van der Waals surface area (Å²) in [5, 5.41) is 1.91. The summed E-state index contributed by atoms with van der Waals surface area (Å²) in [5.74, 6) is 0.864. The number of primary amides is 1. The molecule has 1 amide bonds. The van der Waals surface area contributed by atoms with E-state index in [-0.39, 0.29) is 5.69 Å². The van der Waals surface area contributed by atoms with Gasteiger partial charge in [-0.25, -0.2) is 4.98 Å². The molecule has 0 atom stereocenters. The Bertz CT molecular complexity index is 761. The Balaban J connectivity index is 2.09. The molecule has 0 saturated carbocycles. The number of nitrogens with two attached hydrogens (primary N) is 1. The maximum absolute atomic E-state index is 11.6. The van der Waals surface area contributed by atoms with E-state index in [1.54, 1.807) is 31.4 Å². The minimum atomic E-state index is -0.618. The SMILES string of the molecule is COc1ccc(-c2oc(-c3cccs3)nc2C(N)=O)cc1. The van der Waals surface area contributed by atoms with Gasteiger partial charge in [0.1, 0.15) is 5.75 Å². The van der Waals surface area contributed by atoms with Crippen molar-refractivity contribution in [1.82, 2.24) is 4.98 Å². The second-order valence-corrected chi connectivity index (χ2v) is 5.21. The molecule has 6 heteroatoms. The van der Waals surface area contributed by atoms with E-state index in [2.05, 4.69) is 4.98 Å². The maximum atomic E-state index is 11.6. The highest BCUT2D eigenvalue weighted by Gasteiger charge is 2.20. The number of carbonyl (C=O) groups is 1. The third kappa shape index (κ3) is 2.53. The van der Waals surface area contributed by atoms with E-state index >= 15 is 0 Å². The second kappa shape index (κ2) is 5.41. The molecule has 0 aliphatic heterocycles. The average Bonchev–Trinajstić information content (AvgIpc) is 3.16. The van der Waals surface area contributed by atoms with Crippen molar-refractivity contribution in [3.63, 3.8) is 0 Å². The number of rotatable bonds is 4. The highest BCUT2D eigenvalue weighted by Crippen LogP contribution is 2.32. The van der Waals surface area contributed by atoms with Gasteiger partial charge in [0.15, 0.2) is 11.5 Å². The number of thiophene rings is 1. The molecule has 0 saturated heterocycles. The molecule has 21 heavy (non-hydrogen) atoms. The Morgan fingerprint density at radius 3 is 2.62 bits per heavy atom. The van der Waals surface area contributed by atoms with Crippen LogP contribution in [-0.4, -0.2) is 18.0 Å². The highest BCUT2D eigenvalue weighted by molar-refractivity contribution is 7.13. The quantitative estimate of drug-likeness (QED) is 0.802. The van der Waals surface area contributed by atoms with Gasteiger partial charge in [-0.2, -0.15) is 0 Å². The third-order valence-electron chi connectivity index (χ3n) is 2.94. The zero-order valence-corrected chi connectivity index (χ0v) is 12.0. The molecule has 0 aliphatic rings. The number of methoxy groups -OCH3 is 1. The smallest absolute Gasteiger partial charge is 0.271 e. The van der Waals surface area contributed by atoms with Crippen molar-refractivity contribution in [1.29, 1.82) is 0 Å². The molecule has 0 unspecified atom stereocenters. The summed E-state index contributed by atoms with van der Waals surface area (Å²) in [6.45, 7) is 0. The topological polar surface area (TPSA) is 78.3 Å². The summed E-state index contributed by atoms with van der Waals surface area (Å²) in [6, 6.07) is 10.9. The monoisotopic (exact) mass is 300 g/mol. The first-order chi connectivity index (χ1) is 10.2. The van der Waals surface area contributed by atoms with Crippen molar-refractivity contribution in [3.8, 4) is 27.8 Å². The van der Waals surface area contributed by atoms with E-state index < -0.39 is 5.91 Å². The van der Waals surface area contributed by atoms with E-state index in [0.717, 1.165) is 16.2 Å². The lowest BCUT2D eigenvalue weighted by Gasteiger charge is -2.01. The van der Waals surface area contributed by atoms with Crippen molar-refractivity contribution in [3.05, 3.63) is 47.5 Å². The van der Waals surface area contributed by atoms with Crippen LogP contribution in [0.15, 0.2) is 46.2 Å². The van der Waals surface area contributed by atoms with Gasteiger partial charge in [0, 0.05) is 5.56 Å². The number of hydrogen-bond donors (Lipinski definition) is 1. The Kier molecular flexibility index (Phi) is 3.45. The van der Waals surface area contributed by atoms with Gasteiger partial charge in [-0.1, -0.05) is 6.07 Å². The normalized spacial score (nSPS) is 10.5. The van der Waals surface area contributed by atoms with Crippen molar-refractivity contribution in [2.75, 3.05) is 7.11 Å². The number of hydrogen-bond acceptors (Lipinski definition) is 5. The lowest BCUT2D eigenvalue weighted by molar-refractivity contribution is 0.0996. The van der Waals surface area contributed by atoms with E-state index in [1.165, 1.54) is 11.3 Å². The molecular weight excluding hydrogens is 288 g/mol. The third-order valence-corrected chi connectivity index (χ3v) is 3.80. The van der Waals surface area contributed by atoms with Crippen LogP contribution < -0.4 is 10.5 Å². The van der Waals surface area contributed by atoms with Crippen LogP contribution in [0.3, 0.4) is 0 Å². The molecular formula is C15H12N2O3S. The second-order valence-electron chi connectivity index (χ2n) is 4.27. The van der Waals surface area contributed by atoms with Gasteiger partial charge in [0.2, 0.25) is 5.89 Å². The fraction of sp³-hybridized carbons (Fsp3) is 0.0667. The van der Waals surface area contributed by atoms with Crippen LogP contribution in [0.5, 0.6) is 5.75 Å². The van der Waals surface area contributed by atoms with E-state index in [0.29, 0.717) is 11.7 Å². The number of oxazole rings is 1. The minimum Gasteiger partial charge on any atom is -0.497 e. The summed E-state index contributed by atoms with van der Waals surface area (Å²) < 4.78 is 10.8. The number of amides is 1. The van der Waals surface area contributed by atoms with E-state index in [1.807, 2.05) is 17.5 Å². The van der Waals surface area contributed by atoms with Gasteiger partial charge in [0.05, 0.1) is 12.0 Å². The number of carbonyl (C=O) groups excluding carboxylic acids is 1. The van der Waals surface area contributed by atoms with Crippen molar-refractivity contribution in [2.24, 2.45) is 5.73 Å². The largest absolute Gasteiger partial charge is 0.497 e. The molecule has 0 bridgehead atoms. The number of nitrogens with zero attached hydrogens (tertiary/aromatic N) is 1. The Labute approximate surface area is 125 Å². The first-order valence-electron chi connectivity index (χ1n) is 6.18. The predicted octanol–water partition coefficient (Wildman–Crippen LogP) is 3.18. The van der Waals surface area contributed by atoms with Crippen molar-refractivity contribution < 1.29 is 13.9 Å². The Morgan fingerprint density at radius 2 is 2.05 bits per heavy atom. The van der Waals surface area contributed by atoms with Gasteiger partial charge in [-0.15, -0.1) is 11.3 Å². The molecule has 0 radical (unpaired) electrons. The van der Waals surface area contributed by atoms with Crippen LogP contribution in [-0.2, 0) is 0 Å². The molecule has 2 N–H and O–H groups in total. The Hall–Kier alpha value is -2.60. The number of aromatic nitrogens is 1. The van der Waals surface area contributed by atoms with Crippen molar-refractivity contribution in [2.45, 2.75) is 0 Å². The number of ether oxygens (including phenoxy) is 1. The first kappa shape index (κ1) is 13.4. The molecule has 2 heterocycles. The fourth-order valence-corrected chi connectivity index (χ4v) is 2.58. The van der Waals surface area contributed by atoms with Gasteiger partial charge >= 0.3 is 0 Å².